The van der Waals surface area contributed by atoms with Gasteiger partial charge in [0.15, 0.2) is 0 Å². The summed E-state index contributed by atoms with van der Waals surface area (Å²) < 4.78 is 1.03. The highest BCUT2D eigenvalue weighted by Gasteiger charge is 2.26. The van der Waals surface area contributed by atoms with Crippen LogP contribution in [-0.4, -0.2) is 29.3 Å². The normalized spacial score (nSPS) is 19.9. The maximum atomic E-state index is 8.93. The summed E-state index contributed by atoms with van der Waals surface area (Å²) in [5.74, 6) is 1.11. The van der Waals surface area contributed by atoms with E-state index in [4.69, 9.17) is 5.11 Å². The summed E-state index contributed by atoms with van der Waals surface area (Å²) in [6.07, 6.45) is 6.26. The van der Waals surface area contributed by atoms with E-state index < -0.39 is 0 Å². The first-order valence-electron chi connectivity index (χ1n) is 6.22. The largest absolute Gasteiger partial charge is 0.396 e. The van der Waals surface area contributed by atoms with Crippen molar-refractivity contribution in [1.82, 2.24) is 4.98 Å². The van der Waals surface area contributed by atoms with E-state index in [0.717, 1.165) is 29.7 Å². The molecule has 0 aromatic carbocycles. The van der Waals surface area contributed by atoms with Crippen molar-refractivity contribution in [1.29, 1.82) is 0 Å². The molecule has 3 nitrogen and oxygen atoms in total. The van der Waals surface area contributed by atoms with Crippen molar-refractivity contribution in [3.05, 3.63) is 22.3 Å². The molecule has 1 aromatic rings. The third-order valence-corrected chi connectivity index (χ3v) is 3.80. The topological polar surface area (TPSA) is 36.4 Å². The van der Waals surface area contributed by atoms with Crippen molar-refractivity contribution in [2.75, 3.05) is 18.1 Å². The smallest absolute Gasteiger partial charge is 0.131 e. The summed E-state index contributed by atoms with van der Waals surface area (Å²) >= 11 is 3.45. The Bertz CT molecular complexity index is 384. The first kappa shape index (κ1) is 12.8. The van der Waals surface area contributed by atoms with Crippen molar-refractivity contribution in [3.8, 4) is 0 Å². The van der Waals surface area contributed by atoms with Gasteiger partial charge in [0.2, 0.25) is 0 Å². The molecule has 2 heterocycles. The third kappa shape index (κ3) is 2.99. The van der Waals surface area contributed by atoms with Gasteiger partial charge in [-0.2, -0.15) is 0 Å². The van der Waals surface area contributed by atoms with E-state index in [-0.39, 0.29) is 6.61 Å². The van der Waals surface area contributed by atoms with E-state index in [1.165, 1.54) is 18.4 Å². The Balaban J connectivity index is 2.14. The molecule has 94 valence electrons. The molecular formula is C13H19BrN2O. The van der Waals surface area contributed by atoms with E-state index in [2.05, 4.69) is 38.8 Å². The average molecular weight is 299 g/mol. The standard InChI is InChI=1S/C13H19BrN2O/c1-10-8-11(14)9-15-13(10)16-6-2-4-12(16)5-3-7-17/h8-9,12,17H,2-7H2,1H3. The predicted molar refractivity (Wildman–Crippen MR) is 73.4 cm³/mol. The van der Waals surface area contributed by atoms with Crippen molar-refractivity contribution in [3.63, 3.8) is 0 Å². The maximum Gasteiger partial charge on any atom is 0.131 e. The van der Waals surface area contributed by atoms with E-state index in [1.807, 2.05) is 6.20 Å². The number of nitrogens with zero attached hydrogens (tertiary/aromatic N) is 2. The fraction of sp³-hybridized carbons (Fsp3) is 0.615. The fourth-order valence-corrected chi connectivity index (χ4v) is 3.02. The zero-order chi connectivity index (χ0) is 12.3. The number of hydrogen-bond acceptors (Lipinski definition) is 3. The van der Waals surface area contributed by atoms with Crippen LogP contribution in [0.2, 0.25) is 0 Å². The van der Waals surface area contributed by atoms with E-state index in [1.54, 1.807) is 0 Å². The number of hydrogen-bond donors (Lipinski definition) is 1. The fourth-order valence-electron chi connectivity index (χ4n) is 2.58. The van der Waals surface area contributed by atoms with Crippen molar-refractivity contribution >= 4 is 21.7 Å². The van der Waals surface area contributed by atoms with E-state index >= 15 is 0 Å². The second-order valence-electron chi connectivity index (χ2n) is 4.65. The van der Waals surface area contributed by atoms with Crippen LogP contribution in [0.3, 0.4) is 0 Å². The molecule has 0 bridgehead atoms. The van der Waals surface area contributed by atoms with Gasteiger partial charge in [-0.1, -0.05) is 0 Å². The number of rotatable bonds is 4. The molecule has 4 heteroatoms. The number of aromatic nitrogens is 1. The van der Waals surface area contributed by atoms with Crippen LogP contribution in [0.1, 0.15) is 31.2 Å². The van der Waals surface area contributed by atoms with Crippen molar-refractivity contribution in [2.45, 2.75) is 38.6 Å². The molecule has 1 N–H and O–H groups in total. The van der Waals surface area contributed by atoms with Crippen LogP contribution in [0.5, 0.6) is 0 Å². The van der Waals surface area contributed by atoms with E-state index in [0.29, 0.717) is 6.04 Å². The van der Waals surface area contributed by atoms with Crippen molar-refractivity contribution in [2.24, 2.45) is 0 Å². The van der Waals surface area contributed by atoms with Gasteiger partial charge in [-0.05, 0) is 60.2 Å². The van der Waals surface area contributed by atoms with Gasteiger partial charge in [-0.15, -0.1) is 0 Å². The Kier molecular flexibility index (Phi) is 4.40. The molecule has 0 radical (unpaired) electrons. The Labute approximate surface area is 111 Å². The molecule has 2 rings (SSSR count). The zero-order valence-electron chi connectivity index (χ0n) is 10.2. The molecule has 1 unspecified atom stereocenters. The summed E-state index contributed by atoms with van der Waals surface area (Å²) in [5.41, 5.74) is 1.22. The lowest BCUT2D eigenvalue weighted by molar-refractivity contribution is 0.279. The molecule has 0 amide bonds. The summed E-state index contributed by atoms with van der Waals surface area (Å²) in [6.45, 7) is 3.48. The molecule has 0 saturated carbocycles. The highest BCUT2D eigenvalue weighted by Crippen LogP contribution is 2.29. The number of aryl methyl sites for hydroxylation is 1. The second kappa shape index (κ2) is 5.83. The predicted octanol–water partition coefficient (Wildman–Crippen LogP) is 2.89. The first-order chi connectivity index (χ1) is 8.22. The lowest BCUT2D eigenvalue weighted by Crippen LogP contribution is -2.30. The minimum absolute atomic E-state index is 0.289. The molecule has 1 aromatic heterocycles. The number of aliphatic hydroxyl groups is 1. The van der Waals surface area contributed by atoms with Gasteiger partial charge in [-0.3, -0.25) is 0 Å². The molecule has 1 fully saturated rings. The quantitative estimate of drug-likeness (QED) is 0.928. The number of pyridine rings is 1. The van der Waals surface area contributed by atoms with E-state index in [9.17, 15) is 0 Å². The maximum absolute atomic E-state index is 8.93. The highest BCUT2D eigenvalue weighted by atomic mass is 79.9. The summed E-state index contributed by atoms with van der Waals surface area (Å²) in [6, 6.07) is 2.67. The Morgan fingerprint density at radius 1 is 1.59 bits per heavy atom. The third-order valence-electron chi connectivity index (χ3n) is 3.36. The molecule has 0 aliphatic carbocycles. The number of aliphatic hydroxyl groups excluding tert-OH is 1. The summed E-state index contributed by atoms with van der Waals surface area (Å²) in [7, 11) is 0. The van der Waals surface area contributed by atoms with Crippen LogP contribution < -0.4 is 4.90 Å². The Hall–Kier alpha value is -0.610. The number of halogens is 1. The summed E-state index contributed by atoms with van der Waals surface area (Å²) in [4.78, 5) is 6.93. The second-order valence-corrected chi connectivity index (χ2v) is 5.56. The minimum atomic E-state index is 0.289. The van der Waals surface area contributed by atoms with Crippen LogP contribution in [0.4, 0.5) is 5.82 Å². The van der Waals surface area contributed by atoms with Gasteiger partial charge in [0.05, 0.1) is 0 Å². The number of anilines is 1. The lowest BCUT2D eigenvalue weighted by Gasteiger charge is -2.27. The van der Waals surface area contributed by atoms with Crippen LogP contribution in [0.25, 0.3) is 0 Å². The van der Waals surface area contributed by atoms with Gasteiger partial charge in [0, 0.05) is 29.9 Å². The zero-order valence-corrected chi connectivity index (χ0v) is 11.8. The summed E-state index contributed by atoms with van der Waals surface area (Å²) in [5, 5.41) is 8.93. The molecule has 0 spiro atoms. The van der Waals surface area contributed by atoms with Gasteiger partial charge in [0.1, 0.15) is 5.82 Å². The van der Waals surface area contributed by atoms with Gasteiger partial charge >= 0.3 is 0 Å². The van der Waals surface area contributed by atoms with Gasteiger partial charge in [-0.25, -0.2) is 4.98 Å². The van der Waals surface area contributed by atoms with Gasteiger partial charge in [0.25, 0.3) is 0 Å². The minimum Gasteiger partial charge on any atom is -0.396 e. The first-order valence-corrected chi connectivity index (χ1v) is 7.01. The van der Waals surface area contributed by atoms with Crippen LogP contribution in [0.15, 0.2) is 16.7 Å². The van der Waals surface area contributed by atoms with Crippen LogP contribution >= 0.6 is 15.9 Å². The molecule has 17 heavy (non-hydrogen) atoms. The van der Waals surface area contributed by atoms with Gasteiger partial charge < -0.3 is 10.0 Å². The van der Waals surface area contributed by atoms with Crippen LogP contribution in [0, 0.1) is 6.92 Å². The van der Waals surface area contributed by atoms with Crippen molar-refractivity contribution < 1.29 is 5.11 Å². The molecule has 1 aliphatic heterocycles. The monoisotopic (exact) mass is 298 g/mol. The molecule has 1 aliphatic rings. The Morgan fingerprint density at radius 3 is 3.12 bits per heavy atom. The SMILES string of the molecule is Cc1cc(Br)cnc1N1CCCC1CCCO. The average Bonchev–Trinajstić information content (AvgIpc) is 2.74. The molecule has 1 saturated heterocycles. The molecule has 1 atom stereocenters. The van der Waals surface area contributed by atoms with Crippen LogP contribution in [-0.2, 0) is 0 Å². The Morgan fingerprint density at radius 2 is 2.41 bits per heavy atom. The highest BCUT2D eigenvalue weighted by molar-refractivity contribution is 9.10. The lowest BCUT2D eigenvalue weighted by atomic mass is 10.1. The molecular weight excluding hydrogens is 280 g/mol.